The van der Waals surface area contributed by atoms with Crippen LogP contribution in [0.1, 0.15) is 19.3 Å². The summed E-state index contributed by atoms with van der Waals surface area (Å²) in [5.74, 6) is 0.406. The van der Waals surface area contributed by atoms with Crippen molar-refractivity contribution in [1.82, 2.24) is 5.32 Å². The van der Waals surface area contributed by atoms with Crippen LogP contribution in [-0.4, -0.2) is 37.7 Å². The van der Waals surface area contributed by atoms with Crippen molar-refractivity contribution in [3.8, 4) is 0 Å². The molecule has 1 spiro atoms. The first kappa shape index (κ1) is 11.1. The van der Waals surface area contributed by atoms with Crippen LogP contribution in [0.3, 0.4) is 0 Å². The van der Waals surface area contributed by atoms with Crippen molar-refractivity contribution >= 4 is 12.0 Å². The molecule has 1 saturated heterocycles. The molecule has 0 saturated carbocycles. The van der Waals surface area contributed by atoms with Gasteiger partial charge in [-0.25, -0.2) is 0 Å². The molecular weight excluding hydrogens is 206 g/mol. The van der Waals surface area contributed by atoms with Crippen molar-refractivity contribution in [2.45, 2.75) is 24.9 Å². The number of ketones is 1. The smallest absolute Gasteiger partial charge is 0.186 e. The van der Waals surface area contributed by atoms with E-state index in [9.17, 15) is 4.79 Å². The summed E-state index contributed by atoms with van der Waals surface area (Å²) in [7, 11) is 1.64. The number of hydrogen-bond acceptors (Lipinski definition) is 5. The van der Waals surface area contributed by atoms with Gasteiger partial charge in [-0.1, -0.05) is 0 Å². The molecule has 0 unspecified atom stereocenters. The van der Waals surface area contributed by atoms with E-state index in [1.165, 1.54) is 6.21 Å². The van der Waals surface area contributed by atoms with Gasteiger partial charge in [0.2, 0.25) is 0 Å². The van der Waals surface area contributed by atoms with E-state index in [-0.39, 0.29) is 17.1 Å². The number of carbonyl (C=O) groups is 1. The molecule has 2 aliphatic rings. The van der Waals surface area contributed by atoms with E-state index in [4.69, 9.17) is 10.5 Å². The van der Waals surface area contributed by atoms with Crippen LogP contribution in [0.4, 0.5) is 0 Å². The minimum Gasteiger partial charge on any atom is -0.483 e. The van der Waals surface area contributed by atoms with Crippen LogP contribution in [0.15, 0.2) is 16.4 Å². The van der Waals surface area contributed by atoms with Crippen molar-refractivity contribution in [2.75, 3.05) is 20.1 Å². The zero-order chi connectivity index (χ0) is 11.6. The van der Waals surface area contributed by atoms with Gasteiger partial charge >= 0.3 is 0 Å². The number of nitrogens with two attached hydrogens (primary N) is 1. The van der Waals surface area contributed by atoms with E-state index in [1.807, 2.05) is 0 Å². The Labute approximate surface area is 94.7 Å². The molecule has 0 radical (unpaired) electrons. The molecule has 3 N–H and O–H groups in total. The molecule has 0 aromatic heterocycles. The fraction of sp³-hybridized carbons (Fsp3) is 0.636. The van der Waals surface area contributed by atoms with Gasteiger partial charge in [0, 0.05) is 19.9 Å². The zero-order valence-electron chi connectivity index (χ0n) is 9.45. The molecule has 5 nitrogen and oxygen atoms in total. The third kappa shape index (κ3) is 1.95. The van der Waals surface area contributed by atoms with Crippen molar-refractivity contribution in [1.29, 1.82) is 0 Å². The predicted molar refractivity (Wildman–Crippen MR) is 61.2 cm³/mol. The van der Waals surface area contributed by atoms with Gasteiger partial charge < -0.3 is 15.8 Å². The Balaban J connectivity index is 2.25. The van der Waals surface area contributed by atoms with Crippen molar-refractivity contribution in [3.63, 3.8) is 0 Å². The Morgan fingerprint density at radius 2 is 2.19 bits per heavy atom. The number of nitrogens with zero attached hydrogens (tertiary/aromatic N) is 1. The summed E-state index contributed by atoms with van der Waals surface area (Å²) < 4.78 is 5.88. The van der Waals surface area contributed by atoms with Crippen LogP contribution in [0.5, 0.6) is 0 Å². The Bertz CT molecular complexity index is 354. The fourth-order valence-electron chi connectivity index (χ4n) is 2.22. The molecule has 0 atom stereocenters. The molecule has 1 fully saturated rings. The quantitative estimate of drug-likeness (QED) is 0.612. The second-order valence-electron chi connectivity index (χ2n) is 4.30. The van der Waals surface area contributed by atoms with Crippen LogP contribution in [-0.2, 0) is 9.53 Å². The normalized spacial score (nSPS) is 25.2. The van der Waals surface area contributed by atoms with E-state index in [0.29, 0.717) is 12.2 Å². The van der Waals surface area contributed by atoms with Crippen LogP contribution in [0, 0.1) is 0 Å². The molecule has 2 aliphatic heterocycles. The average molecular weight is 223 g/mol. The molecule has 0 aliphatic carbocycles. The number of ether oxygens (including phenoxy) is 1. The number of allylic oxidation sites excluding steroid dienone is 2. The van der Waals surface area contributed by atoms with Crippen molar-refractivity contribution in [2.24, 2.45) is 10.7 Å². The lowest BCUT2D eigenvalue weighted by atomic mass is 9.84. The zero-order valence-corrected chi connectivity index (χ0v) is 9.45. The Morgan fingerprint density at radius 1 is 1.50 bits per heavy atom. The highest BCUT2D eigenvalue weighted by Crippen LogP contribution is 2.34. The Hall–Kier alpha value is -1.36. The highest BCUT2D eigenvalue weighted by atomic mass is 16.5. The number of piperidine rings is 1. The highest BCUT2D eigenvalue weighted by Gasteiger charge is 2.41. The molecule has 0 bridgehead atoms. The number of rotatable bonds is 1. The summed E-state index contributed by atoms with van der Waals surface area (Å²) in [5, 5.41) is 3.26. The minimum absolute atomic E-state index is 0.0250. The number of carbonyl (C=O) groups excluding carboxylic acids is 1. The summed E-state index contributed by atoms with van der Waals surface area (Å²) in [5.41, 5.74) is 5.54. The number of hydrogen-bond donors (Lipinski definition) is 2. The maximum atomic E-state index is 11.8. The molecule has 0 aromatic rings. The van der Waals surface area contributed by atoms with Crippen LogP contribution in [0.2, 0.25) is 0 Å². The van der Waals surface area contributed by atoms with Crippen molar-refractivity contribution in [3.05, 3.63) is 11.5 Å². The number of Topliss-reactive ketones (excluding diaryl/α,β-unsaturated/α-hetero) is 1. The molecular formula is C11H17N3O2. The third-order valence-corrected chi connectivity index (χ3v) is 3.14. The molecule has 88 valence electrons. The van der Waals surface area contributed by atoms with Crippen LogP contribution >= 0.6 is 0 Å². The second kappa shape index (κ2) is 4.25. The van der Waals surface area contributed by atoms with E-state index < -0.39 is 0 Å². The van der Waals surface area contributed by atoms with Crippen LogP contribution < -0.4 is 11.1 Å². The summed E-state index contributed by atoms with van der Waals surface area (Å²) in [6, 6.07) is 0. The number of aliphatic imine (C=N–C) groups is 1. The van der Waals surface area contributed by atoms with Gasteiger partial charge in [-0.3, -0.25) is 9.79 Å². The topological polar surface area (TPSA) is 76.7 Å². The SMILES string of the molecule is CN=CC1=C(N)C(=O)CC2(CCNCC2)O1. The second-order valence-corrected chi connectivity index (χ2v) is 4.30. The van der Waals surface area contributed by atoms with Gasteiger partial charge in [0.15, 0.2) is 11.5 Å². The maximum Gasteiger partial charge on any atom is 0.186 e. The maximum absolute atomic E-state index is 11.8. The van der Waals surface area contributed by atoms with Gasteiger partial charge in [-0.2, -0.15) is 0 Å². The largest absolute Gasteiger partial charge is 0.483 e. The highest BCUT2D eigenvalue weighted by molar-refractivity contribution is 6.01. The van der Waals surface area contributed by atoms with Gasteiger partial charge in [0.25, 0.3) is 0 Å². The molecule has 0 aromatic carbocycles. The molecule has 2 rings (SSSR count). The molecule has 16 heavy (non-hydrogen) atoms. The first-order valence-corrected chi connectivity index (χ1v) is 5.52. The van der Waals surface area contributed by atoms with Crippen molar-refractivity contribution < 1.29 is 9.53 Å². The Kier molecular flexibility index (Phi) is 2.96. The lowest BCUT2D eigenvalue weighted by Crippen LogP contribution is -2.48. The predicted octanol–water partition coefficient (Wildman–Crippen LogP) is -0.0311. The minimum atomic E-state index is -0.359. The Morgan fingerprint density at radius 3 is 2.81 bits per heavy atom. The monoisotopic (exact) mass is 223 g/mol. The van der Waals surface area contributed by atoms with Gasteiger partial charge in [0.05, 0.1) is 12.6 Å². The summed E-state index contributed by atoms with van der Waals surface area (Å²) in [4.78, 5) is 15.7. The van der Waals surface area contributed by atoms with E-state index in [2.05, 4.69) is 10.3 Å². The molecule has 2 heterocycles. The van der Waals surface area contributed by atoms with Gasteiger partial charge in [-0.05, 0) is 13.1 Å². The number of nitrogens with one attached hydrogen (secondary N) is 1. The van der Waals surface area contributed by atoms with Gasteiger partial charge in [0.1, 0.15) is 11.3 Å². The lowest BCUT2D eigenvalue weighted by molar-refractivity contribution is -0.126. The van der Waals surface area contributed by atoms with E-state index in [1.54, 1.807) is 7.05 Å². The first-order valence-electron chi connectivity index (χ1n) is 5.52. The van der Waals surface area contributed by atoms with Crippen LogP contribution in [0.25, 0.3) is 0 Å². The standard InChI is InChI=1S/C11H17N3O2/c1-13-7-9-10(12)8(15)6-11(16-9)2-4-14-5-3-11/h7,14H,2-6,12H2,1H3. The van der Waals surface area contributed by atoms with E-state index >= 15 is 0 Å². The van der Waals surface area contributed by atoms with Gasteiger partial charge in [-0.15, -0.1) is 0 Å². The summed E-state index contributed by atoms with van der Waals surface area (Å²) >= 11 is 0. The average Bonchev–Trinajstić information content (AvgIpc) is 2.27. The van der Waals surface area contributed by atoms with E-state index in [0.717, 1.165) is 25.9 Å². The third-order valence-electron chi connectivity index (χ3n) is 3.14. The molecule has 5 heteroatoms. The summed E-state index contributed by atoms with van der Waals surface area (Å²) in [6.45, 7) is 1.76. The fourth-order valence-corrected chi connectivity index (χ4v) is 2.22. The lowest BCUT2D eigenvalue weighted by Gasteiger charge is -2.40. The summed E-state index contributed by atoms with van der Waals surface area (Å²) in [6.07, 6.45) is 3.60. The molecule has 0 amide bonds. The first-order chi connectivity index (χ1) is 7.67.